The van der Waals surface area contributed by atoms with Crippen LogP contribution in [0.5, 0.6) is 5.75 Å². The van der Waals surface area contributed by atoms with Gasteiger partial charge in [-0.05, 0) is 29.8 Å². The van der Waals surface area contributed by atoms with Crippen molar-refractivity contribution in [1.29, 1.82) is 0 Å². The van der Waals surface area contributed by atoms with Crippen LogP contribution in [-0.2, 0) is 18.9 Å². The number of methoxy groups -OCH3 is 1. The first-order valence-corrected chi connectivity index (χ1v) is 9.78. The predicted molar refractivity (Wildman–Crippen MR) is 105 cm³/mol. The van der Waals surface area contributed by atoms with E-state index in [0.717, 1.165) is 0 Å². The van der Waals surface area contributed by atoms with Crippen LogP contribution < -0.4 is 0 Å². The molecule has 3 unspecified atom stereocenters. The molecule has 6 atom stereocenters. The number of phenols is 1. The van der Waals surface area contributed by atoms with E-state index in [4.69, 9.17) is 18.9 Å². The molecule has 0 radical (unpaired) electrons. The summed E-state index contributed by atoms with van der Waals surface area (Å²) in [6, 6.07) is 12.5. The Labute approximate surface area is 178 Å². The molecule has 0 saturated carbocycles. The minimum atomic E-state index is -1.65. The second-order valence-corrected chi connectivity index (χ2v) is 7.63. The van der Waals surface area contributed by atoms with E-state index in [1.54, 1.807) is 36.4 Å². The monoisotopic (exact) mass is 432 g/mol. The van der Waals surface area contributed by atoms with Crippen LogP contribution in [0.2, 0.25) is 0 Å². The highest BCUT2D eigenvalue weighted by Crippen LogP contribution is 2.49. The third-order valence-electron chi connectivity index (χ3n) is 5.64. The maximum atomic E-state index is 11.7. The highest BCUT2D eigenvalue weighted by molar-refractivity contribution is 5.89. The number of carbonyl (C=O) groups is 1. The number of benzene rings is 2. The van der Waals surface area contributed by atoms with Crippen molar-refractivity contribution < 1.29 is 44.2 Å². The van der Waals surface area contributed by atoms with Gasteiger partial charge in [0.05, 0.1) is 25.9 Å². The number of ether oxygens (including phenoxy) is 4. The third kappa shape index (κ3) is 3.91. The molecule has 4 N–H and O–H groups in total. The largest absolute Gasteiger partial charge is 0.508 e. The maximum Gasteiger partial charge on any atom is 0.337 e. The molecule has 2 aliphatic rings. The molecule has 0 amide bonds. The lowest BCUT2D eigenvalue weighted by atomic mass is 9.85. The molecule has 4 rings (SSSR count). The van der Waals surface area contributed by atoms with Crippen molar-refractivity contribution in [2.75, 3.05) is 20.3 Å². The van der Waals surface area contributed by atoms with E-state index in [1.165, 1.54) is 19.2 Å². The van der Waals surface area contributed by atoms with Crippen LogP contribution in [0.25, 0.3) is 0 Å². The number of hydrogen-bond donors (Lipinski definition) is 4. The summed E-state index contributed by atoms with van der Waals surface area (Å²) in [5, 5.41) is 40.8. The topological polar surface area (TPSA) is 135 Å². The first-order valence-electron chi connectivity index (χ1n) is 9.78. The van der Waals surface area contributed by atoms with Crippen molar-refractivity contribution >= 4 is 5.97 Å². The Balaban J connectivity index is 1.63. The second-order valence-electron chi connectivity index (χ2n) is 7.63. The van der Waals surface area contributed by atoms with Gasteiger partial charge in [0.25, 0.3) is 0 Å². The second kappa shape index (κ2) is 8.54. The molecule has 2 heterocycles. The fourth-order valence-corrected chi connectivity index (χ4v) is 4.00. The first kappa shape index (κ1) is 21.7. The van der Waals surface area contributed by atoms with Crippen LogP contribution in [0, 0.1) is 0 Å². The lowest BCUT2D eigenvalue weighted by Crippen LogP contribution is -2.56. The quantitative estimate of drug-likeness (QED) is 0.506. The standard InChI is InChI=1S/C22H24O9/c1-28-20(26)13-4-2-12(3-5-13)18-22(27)11-29-21(14-6-8-15(24)9-7-14)31-19(22)17(30-18)16(25)10-23/h2-9,16-19,21,23-25,27H,10-11H2,1H3/t16?,17-,18?,19+,21?,22-/m1/s1. The Bertz CT molecular complexity index is 914. The molecule has 0 aromatic heterocycles. The maximum absolute atomic E-state index is 11.7. The number of hydrogen-bond acceptors (Lipinski definition) is 9. The number of rotatable bonds is 5. The zero-order chi connectivity index (χ0) is 22.2. The number of aromatic hydroxyl groups is 1. The van der Waals surface area contributed by atoms with Crippen molar-refractivity contribution in [3.05, 3.63) is 65.2 Å². The summed E-state index contributed by atoms with van der Waals surface area (Å²) in [7, 11) is 1.28. The van der Waals surface area contributed by atoms with E-state index >= 15 is 0 Å². The third-order valence-corrected chi connectivity index (χ3v) is 5.64. The van der Waals surface area contributed by atoms with E-state index < -0.39 is 48.9 Å². The number of aliphatic hydroxyl groups is 3. The van der Waals surface area contributed by atoms with Crippen LogP contribution in [-0.4, -0.2) is 70.6 Å². The highest BCUT2D eigenvalue weighted by atomic mass is 16.7. The molecule has 2 saturated heterocycles. The highest BCUT2D eigenvalue weighted by Gasteiger charge is 2.61. The van der Waals surface area contributed by atoms with E-state index in [9.17, 15) is 25.2 Å². The Hall–Kier alpha value is -2.53. The summed E-state index contributed by atoms with van der Waals surface area (Å²) in [5.74, 6) is -0.408. The van der Waals surface area contributed by atoms with E-state index in [2.05, 4.69) is 0 Å². The smallest absolute Gasteiger partial charge is 0.337 e. The fraction of sp³-hybridized carbons (Fsp3) is 0.409. The molecule has 0 aliphatic carbocycles. The van der Waals surface area contributed by atoms with Crippen molar-refractivity contribution in [3.63, 3.8) is 0 Å². The van der Waals surface area contributed by atoms with Gasteiger partial charge in [0.1, 0.15) is 35.8 Å². The number of esters is 1. The first-order chi connectivity index (χ1) is 14.9. The summed E-state index contributed by atoms with van der Waals surface area (Å²) < 4.78 is 22.4. The molecule has 0 bridgehead atoms. The number of carbonyl (C=O) groups excluding carboxylic acids is 1. The Morgan fingerprint density at radius 2 is 1.77 bits per heavy atom. The average molecular weight is 432 g/mol. The van der Waals surface area contributed by atoms with Gasteiger partial charge in [-0.15, -0.1) is 0 Å². The summed E-state index contributed by atoms with van der Waals surface area (Å²) in [6.07, 6.45) is -5.12. The van der Waals surface area contributed by atoms with Crippen LogP contribution in [0.4, 0.5) is 0 Å². The molecule has 31 heavy (non-hydrogen) atoms. The predicted octanol–water partition coefficient (Wildman–Crippen LogP) is 0.817. The lowest BCUT2D eigenvalue weighted by molar-refractivity contribution is -0.292. The molecule has 2 aliphatic heterocycles. The molecule has 2 aromatic rings. The zero-order valence-electron chi connectivity index (χ0n) is 16.7. The van der Waals surface area contributed by atoms with Gasteiger partial charge in [-0.2, -0.15) is 0 Å². The van der Waals surface area contributed by atoms with Gasteiger partial charge in [-0.1, -0.05) is 24.3 Å². The van der Waals surface area contributed by atoms with Gasteiger partial charge in [-0.3, -0.25) is 0 Å². The number of fused-ring (bicyclic) bond motifs is 1. The molecule has 9 heteroatoms. The molecule has 2 aromatic carbocycles. The molecular weight excluding hydrogens is 408 g/mol. The van der Waals surface area contributed by atoms with Gasteiger partial charge >= 0.3 is 5.97 Å². The fourth-order valence-electron chi connectivity index (χ4n) is 4.00. The Morgan fingerprint density at radius 3 is 2.39 bits per heavy atom. The summed E-state index contributed by atoms with van der Waals surface area (Å²) in [4.78, 5) is 11.7. The molecule has 166 valence electrons. The summed E-state index contributed by atoms with van der Waals surface area (Å²) in [5.41, 5.74) is -0.157. The minimum absolute atomic E-state index is 0.0873. The molecule has 9 nitrogen and oxygen atoms in total. The average Bonchev–Trinajstić information content (AvgIpc) is 3.11. The summed E-state index contributed by atoms with van der Waals surface area (Å²) in [6.45, 7) is -0.749. The van der Waals surface area contributed by atoms with E-state index in [-0.39, 0.29) is 12.4 Å². The summed E-state index contributed by atoms with van der Waals surface area (Å²) >= 11 is 0. The van der Waals surface area contributed by atoms with Gasteiger partial charge < -0.3 is 39.4 Å². The molecular formula is C22H24O9. The van der Waals surface area contributed by atoms with E-state index in [1.807, 2.05) is 0 Å². The number of phenolic OH excluding ortho intramolecular Hbond substituents is 1. The van der Waals surface area contributed by atoms with Crippen molar-refractivity contribution in [3.8, 4) is 5.75 Å². The van der Waals surface area contributed by atoms with Crippen LogP contribution >= 0.6 is 0 Å². The Morgan fingerprint density at radius 1 is 1.13 bits per heavy atom. The van der Waals surface area contributed by atoms with Crippen LogP contribution in [0.15, 0.2) is 48.5 Å². The van der Waals surface area contributed by atoms with Crippen LogP contribution in [0.3, 0.4) is 0 Å². The normalized spacial score (nSPS) is 31.1. The molecule has 2 fully saturated rings. The van der Waals surface area contributed by atoms with Gasteiger partial charge in [0.2, 0.25) is 0 Å². The van der Waals surface area contributed by atoms with E-state index in [0.29, 0.717) is 16.7 Å². The number of aliphatic hydroxyl groups excluding tert-OH is 2. The lowest BCUT2D eigenvalue weighted by Gasteiger charge is -2.41. The van der Waals surface area contributed by atoms with Crippen molar-refractivity contribution in [1.82, 2.24) is 0 Å². The van der Waals surface area contributed by atoms with Crippen molar-refractivity contribution in [2.24, 2.45) is 0 Å². The SMILES string of the molecule is COC(=O)c1ccc(C2O[C@H](C(O)CO)[C@@H]3OC(c4ccc(O)cc4)OC[C@@]23O)cc1. The molecule has 0 spiro atoms. The zero-order valence-corrected chi connectivity index (χ0v) is 16.7. The minimum Gasteiger partial charge on any atom is -0.508 e. The Kier molecular flexibility index (Phi) is 5.98. The van der Waals surface area contributed by atoms with Crippen molar-refractivity contribution in [2.45, 2.75) is 36.3 Å². The van der Waals surface area contributed by atoms with Gasteiger partial charge in [-0.25, -0.2) is 4.79 Å². The van der Waals surface area contributed by atoms with Crippen LogP contribution in [0.1, 0.15) is 33.9 Å². The van der Waals surface area contributed by atoms with Gasteiger partial charge in [0, 0.05) is 5.56 Å². The van der Waals surface area contributed by atoms with Gasteiger partial charge in [0.15, 0.2) is 6.29 Å².